The predicted molar refractivity (Wildman–Crippen MR) is 70.2 cm³/mol. The van der Waals surface area contributed by atoms with Gasteiger partial charge in [-0.25, -0.2) is 0 Å². The monoisotopic (exact) mass is 250 g/mol. The molecule has 1 heterocycles. The van der Waals surface area contributed by atoms with Gasteiger partial charge in [0.1, 0.15) is 0 Å². The Morgan fingerprint density at radius 2 is 1.67 bits per heavy atom. The summed E-state index contributed by atoms with van der Waals surface area (Å²) < 4.78 is 17.1. The van der Waals surface area contributed by atoms with E-state index >= 15 is 0 Å². The van der Waals surface area contributed by atoms with Crippen LogP contribution in [0.4, 0.5) is 0 Å². The summed E-state index contributed by atoms with van der Waals surface area (Å²) in [6, 6.07) is 10.2. The maximum absolute atomic E-state index is 5.77. The van der Waals surface area contributed by atoms with Crippen LogP contribution in [0.1, 0.15) is 26.3 Å². The van der Waals surface area contributed by atoms with E-state index in [2.05, 4.69) is 19.1 Å². The van der Waals surface area contributed by atoms with Gasteiger partial charge in [-0.05, 0) is 19.4 Å². The molecule has 1 saturated heterocycles. The average molecular weight is 250 g/mol. The molecule has 1 aliphatic rings. The van der Waals surface area contributed by atoms with Crippen LogP contribution in [0.5, 0.6) is 0 Å². The van der Waals surface area contributed by atoms with Crippen molar-refractivity contribution in [2.24, 2.45) is 5.41 Å². The first-order valence-electron chi connectivity index (χ1n) is 6.39. The van der Waals surface area contributed by atoms with Crippen LogP contribution < -0.4 is 0 Å². The van der Waals surface area contributed by atoms with E-state index in [4.69, 9.17) is 14.2 Å². The average Bonchev–Trinajstić information content (AvgIpc) is 2.35. The van der Waals surface area contributed by atoms with Crippen LogP contribution in [-0.4, -0.2) is 25.6 Å². The first kappa shape index (κ1) is 13.5. The van der Waals surface area contributed by atoms with E-state index in [1.165, 1.54) is 5.56 Å². The van der Waals surface area contributed by atoms with Gasteiger partial charge in [0, 0.05) is 5.41 Å². The molecular formula is C15H22O3. The Morgan fingerprint density at radius 1 is 1.06 bits per heavy atom. The number of rotatable bonds is 4. The Labute approximate surface area is 109 Å². The van der Waals surface area contributed by atoms with E-state index in [9.17, 15) is 0 Å². The van der Waals surface area contributed by atoms with Gasteiger partial charge in [0.05, 0.1) is 26.4 Å². The lowest BCUT2D eigenvalue weighted by Gasteiger charge is -2.41. The van der Waals surface area contributed by atoms with Gasteiger partial charge >= 0.3 is 0 Å². The zero-order valence-electron chi connectivity index (χ0n) is 11.4. The Kier molecular flexibility index (Phi) is 4.05. The van der Waals surface area contributed by atoms with Crippen LogP contribution >= 0.6 is 0 Å². The zero-order chi connectivity index (χ0) is 13.1. The van der Waals surface area contributed by atoms with Crippen LogP contribution in [0.15, 0.2) is 30.3 Å². The predicted octanol–water partition coefficient (Wildman–Crippen LogP) is 2.99. The van der Waals surface area contributed by atoms with Crippen molar-refractivity contribution >= 4 is 0 Å². The summed E-state index contributed by atoms with van der Waals surface area (Å²) in [5.41, 5.74) is 1.14. The van der Waals surface area contributed by atoms with Gasteiger partial charge in [0.2, 0.25) is 0 Å². The molecule has 1 aromatic carbocycles. The van der Waals surface area contributed by atoms with Crippen molar-refractivity contribution in [1.29, 1.82) is 0 Å². The molecule has 1 aliphatic heterocycles. The fraction of sp³-hybridized carbons (Fsp3) is 0.600. The summed E-state index contributed by atoms with van der Waals surface area (Å²) in [6.45, 7) is 8.66. The van der Waals surface area contributed by atoms with Gasteiger partial charge < -0.3 is 14.2 Å². The minimum absolute atomic E-state index is 0.0513. The first-order chi connectivity index (χ1) is 8.49. The van der Waals surface area contributed by atoms with Crippen molar-refractivity contribution < 1.29 is 14.2 Å². The van der Waals surface area contributed by atoms with Crippen molar-refractivity contribution in [1.82, 2.24) is 0 Å². The molecule has 18 heavy (non-hydrogen) atoms. The summed E-state index contributed by atoms with van der Waals surface area (Å²) in [4.78, 5) is 0. The molecule has 0 radical (unpaired) electrons. The van der Waals surface area contributed by atoms with Crippen LogP contribution in [-0.2, 0) is 20.8 Å². The highest BCUT2D eigenvalue weighted by Gasteiger charge is 2.36. The molecule has 2 rings (SSSR count). The highest BCUT2D eigenvalue weighted by Crippen LogP contribution is 2.29. The third-order valence-corrected chi connectivity index (χ3v) is 3.10. The second-order valence-electron chi connectivity index (χ2n) is 5.77. The lowest BCUT2D eigenvalue weighted by molar-refractivity contribution is -0.288. The van der Waals surface area contributed by atoms with Crippen LogP contribution in [0.2, 0.25) is 0 Å². The third-order valence-electron chi connectivity index (χ3n) is 3.10. The van der Waals surface area contributed by atoms with E-state index < -0.39 is 5.79 Å². The molecule has 0 atom stereocenters. The zero-order valence-corrected chi connectivity index (χ0v) is 11.4. The second-order valence-corrected chi connectivity index (χ2v) is 5.77. The lowest BCUT2D eigenvalue weighted by Crippen LogP contribution is -2.47. The van der Waals surface area contributed by atoms with Crippen LogP contribution in [0.3, 0.4) is 0 Å². The molecule has 3 heteroatoms. The summed E-state index contributed by atoms with van der Waals surface area (Å²) >= 11 is 0. The molecule has 1 fully saturated rings. The Bertz CT molecular complexity index is 363. The summed E-state index contributed by atoms with van der Waals surface area (Å²) in [5, 5.41) is 0. The molecule has 0 bridgehead atoms. The molecule has 0 amide bonds. The quantitative estimate of drug-likeness (QED) is 0.822. The van der Waals surface area contributed by atoms with Crippen molar-refractivity contribution in [3.63, 3.8) is 0 Å². The van der Waals surface area contributed by atoms with Crippen molar-refractivity contribution in [2.45, 2.75) is 33.2 Å². The molecule has 0 spiro atoms. The SMILES string of the molecule is CC1(COCc2ccccc2)COC(C)(C)OC1. The molecule has 0 saturated carbocycles. The van der Waals surface area contributed by atoms with Gasteiger partial charge in [0.25, 0.3) is 0 Å². The lowest BCUT2D eigenvalue weighted by atomic mass is 9.93. The Balaban J connectivity index is 1.77. The van der Waals surface area contributed by atoms with E-state index in [1.54, 1.807) is 0 Å². The highest BCUT2D eigenvalue weighted by molar-refractivity contribution is 5.13. The van der Waals surface area contributed by atoms with Gasteiger partial charge in [-0.3, -0.25) is 0 Å². The Hall–Kier alpha value is -0.900. The number of ether oxygens (including phenoxy) is 3. The first-order valence-corrected chi connectivity index (χ1v) is 6.39. The smallest absolute Gasteiger partial charge is 0.162 e. The topological polar surface area (TPSA) is 27.7 Å². The molecular weight excluding hydrogens is 228 g/mol. The fourth-order valence-electron chi connectivity index (χ4n) is 1.85. The van der Waals surface area contributed by atoms with Gasteiger partial charge in [-0.15, -0.1) is 0 Å². The molecule has 0 unspecified atom stereocenters. The molecule has 0 aromatic heterocycles. The van der Waals surface area contributed by atoms with Gasteiger partial charge in [-0.1, -0.05) is 37.3 Å². The van der Waals surface area contributed by atoms with E-state index in [0.717, 1.165) is 0 Å². The normalized spacial score (nSPS) is 21.7. The summed E-state index contributed by atoms with van der Waals surface area (Å²) in [6.07, 6.45) is 0. The van der Waals surface area contributed by atoms with Crippen molar-refractivity contribution in [3.8, 4) is 0 Å². The van der Waals surface area contributed by atoms with Gasteiger partial charge in [0.15, 0.2) is 5.79 Å². The molecule has 1 aromatic rings. The van der Waals surface area contributed by atoms with Crippen molar-refractivity contribution in [2.75, 3.05) is 19.8 Å². The largest absolute Gasteiger partial charge is 0.376 e. The molecule has 3 nitrogen and oxygen atoms in total. The van der Waals surface area contributed by atoms with Crippen LogP contribution in [0.25, 0.3) is 0 Å². The maximum Gasteiger partial charge on any atom is 0.162 e. The minimum atomic E-state index is -0.459. The third kappa shape index (κ3) is 3.80. The number of benzene rings is 1. The van der Waals surface area contributed by atoms with Crippen molar-refractivity contribution in [3.05, 3.63) is 35.9 Å². The van der Waals surface area contributed by atoms with E-state index in [-0.39, 0.29) is 5.41 Å². The Morgan fingerprint density at radius 3 is 2.28 bits per heavy atom. The fourth-order valence-corrected chi connectivity index (χ4v) is 1.85. The summed E-state index contributed by atoms with van der Waals surface area (Å²) in [7, 11) is 0. The van der Waals surface area contributed by atoms with E-state index in [0.29, 0.717) is 26.4 Å². The van der Waals surface area contributed by atoms with Crippen LogP contribution in [0, 0.1) is 5.41 Å². The maximum atomic E-state index is 5.77. The highest BCUT2D eigenvalue weighted by atomic mass is 16.7. The van der Waals surface area contributed by atoms with E-state index in [1.807, 2.05) is 32.0 Å². The van der Waals surface area contributed by atoms with Gasteiger partial charge in [-0.2, -0.15) is 0 Å². The second kappa shape index (κ2) is 5.39. The molecule has 100 valence electrons. The summed E-state index contributed by atoms with van der Waals surface area (Å²) in [5.74, 6) is -0.459. The molecule has 0 aliphatic carbocycles. The molecule has 0 N–H and O–H groups in total. The minimum Gasteiger partial charge on any atom is -0.376 e. The number of hydrogen-bond acceptors (Lipinski definition) is 3. The standard InChI is InChI=1S/C15H22O3/c1-14(2)17-11-15(3,12-18-14)10-16-9-13-7-5-4-6-8-13/h4-8H,9-12H2,1-3H3. The number of hydrogen-bond donors (Lipinski definition) is 0.